The number of hydrogen-bond acceptors (Lipinski definition) is 4. The third kappa shape index (κ3) is 4.26. The van der Waals surface area contributed by atoms with Gasteiger partial charge in [-0.05, 0) is 13.8 Å². The summed E-state index contributed by atoms with van der Waals surface area (Å²) in [6, 6.07) is 0. The fourth-order valence-electron chi connectivity index (χ4n) is 0.884. The van der Waals surface area contributed by atoms with Crippen molar-refractivity contribution in [3.8, 4) is 0 Å². The Labute approximate surface area is 88.7 Å². The molecule has 88 valence electrons. The van der Waals surface area contributed by atoms with Gasteiger partial charge >= 0.3 is 0 Å². The van der Waals surface area contributed by atoms with Crippen molar-refractivity contribution < 1.29 is 19.8 Å². The Hall–Kier alpha value is -1.14. The first-order valence-corrected chi connectivity index (χ1v) is 4.75. The first-order valence-electron chi connectivity index (χ1n) is 4.75. The Morgan fingerprint density at radius 2 is 1.33 bits per heavy atom. The van der Waals surface area contributed by atoms with E-state index in [0.29, 0.717) is 0 Å². The molecule has 0 aromatic rings. The van der Waals surface area contributed by atoms with Gasteiger partial charge < -0.3 is 20.8 Å². The first-order chi connectivity index (χ1) is 6.96. The highest BCUT2D eigenvalue weighted by molar-refractivity contribution is 6.04. The Bertz CT molecular complexity index is 206. The largest absolute Gasteiger partial charge is 0.395 e. The molecule has 0 unspecified atom stereocenters. The molecule has 0 aliphatic rings. The zero-order valence-corrected chi connectivity index (χ0v) is 9.04. The average Bonchev–Trinajstić information content (AvgIpc) is 2.21. The van der Waals surface area contributed by atoms with Crippen LogP contribution in [-0.4, -0.2) is 48.3 Å². The summed E-state index contributed by atoms with van der Waals surface area (Å²) >= 11 is 0. The molecule has 0 aliphatic heterocycles. The van der Waals surface area contributed by atoms with Crippen LogP contribution in [0.5, 0.6) is 0 Å². The van der Waals surface area contributed by atoms with Crippen LogP contribution in [0.15, 0.2) is 0 Å². The maximum atomic E-state index is 11.5. The minimum atomic E-state index is -1.20. The number of amides is 2. The Kier molecular flexibility index (Phi) is 5.88. The Balaban J connectivity index is 4.24. The number of aliphatic hydroxyl groups is 2. The van der Waals surface area contributed by atoms with E-state index in [1.54, 1.807) is 0 Å². The van der Waals surface area contributed by atoms with Gasteiger partial charge in [-0.2, -0.15) is 0 Å². The fourth-order valence-corrected chi connectivity index (χ4v) is 0.884. The molecule has 0 atom stereocenters. The molecule has 0 heterocycles. The zero-order chi connectivity index (χ0) is 11.9. The molecule has 0 aromatic carbocycles. The van der Waals surface area contributed by atoms with Gasteiger partial charge in [0.05, 0.1) is 13.2 Å². The molecule has 0 aliphatic carbocycles. The molecule has 0 aromatic heterocycles. The predicted molar refractivity (Wildman–Crippen MR) is 54.0 cm³/mol. The molecule has 0 radical (unpaired) electrons. The normalized spacial score (nSPS) is 10.9. The summed E-state index contributed by atoms with van der Waals surface area (Å²) in [4.78, 5) is 23.0. The molecule has 6 heteroatoms. The van der Waals surface area contributed by atoms with E-state index in [-0.39, 0.29) is 26.3 Å². The highest BCUT2D eigenvalue weighted by Gasteiger charge is 2.35. The lowest BCUT2D eigenvalue weighted by Gasteiger charge is -2.22. The number of hydrogen-bond donors (Lipinski definition) is 4. The molecule has 0 rings (SSSR count). The lowest BCUT2D eigenvalue weighted by molar-refractivity contribution is -0.141. The molecule has 0 saturated carbocycles. The van der Waals surface area contributed by atoms with Crippen molar-refractivity contribution >= 4 is 11.8 Å². The van der Waals surface area contributed by atoms with Crippen LogP contribution < -0.4 is 10.6 Å². The first kappa shape index (κ1) is 13.9. The van der Waals surface area contributed by atoms with Crippen LogP contribution in [0.25, 0.3) is 0 Å². The van der Waals surface area contributed by atoms with Gasteiger partial charge in [0, 0.05) is 13.1 Å². The van der Waals surface area contributed by atoms with Crippen LogP contribution >= 0.6 is 0 Å². The van der Waals surface area contributed by atoms with Crippen LogP contribution in [0.4, 0.5) is 0 Å². The molecule has 15 heavy (non-hydrogen) atoms. The maximum Gasteiger partial charge on any atom is 0.235 e. The fraction of sp³-hybridized carbons (Fsp3) is 0.778. The molecule has 2 amide bonds. The van der Waals surface area contributed by atoms with Crippen molar-refractivity contribution in [3.63, 3.8) is 0 Å². The molecule has 0 bridgehead atoms. The van der Waals surface area contributed by atoms with Crippen LogP contribution in [0.2, 0.25) is 0 Å². The van der Waals surface area contributed by atoms with Gasteiger partial charge in [0.1, 0.15) is 5.41 Å². The zero-order valence-electron chi connectivity index (χ0n) is 9.04. The van der Waals surface area contributed by atoms with Crippen LogP contribution in [0.1, 0.15) is 13.8 Å². The van der Waals surface area contributed by atoms with Crippen LogP contribution in [0.3, 0.4) is 0 Å². The van der Waals surface area contributed by atoms with Gasteiger partial charge in [-0.3, -0.25) is 9.59 Å². The highest BCUT2D eigenvalue weighted by atomic mass is 16.3. The Morgan fingerprint density at radius 1 is 1.00 bits per heavy atom. The lowest BCUT2D eigenvalue weighted by Crippen LogP contribution is -2.48. The molecule has 4 N–H and O–H groups in total. The van der Waals surface area contributed by atoms with E-state index in [4.69, 9.17) is 10.2 Å². The quantitative estimate of drug-likeness (QED) is 0.396. The average molecular weight is 218 g/mol. The van der Waals surface area contributed by atoms with E-state index in [1.807, 2.05) is 0 Å². The smallest absolute Gasteiger partial charge is 0.235 e. The number of carbonyl (C=O) groups is 2. The van der Waals surface area contributed by atoms with E-state index >= 15 is 0 Å². The second-order valence-corrected chi connectivity index (χ2v) is 3.58. The van der Waals surface area contributed by atoms with Gasteiger partial charge in [0.15, 0.2) is 0 Å². The predicted octanol–water partition coefficient (Wildman–Crippen LogP) is -1.77. The van der Waals surface area contributed by atoms with Crippen molar-refractivity contribution in [1.29, 1.82) is 0 Å². The minimum Gasteiger partial charge on any atom is -0.395 e. The number of aliphatic hydroxyl groups excluding tert-OH is 2. The molecule has 0 spiro atoms. The third-order valence-corrected chi connectivity index (χ3v) is 1.93. The molecule has 0 saturated heterocycles. The number of nitrogens with one attached hydrogen (secondary N) is 2. The highest BCUT2D eigenvalue weighted by Crippen LogP contribution is 2.14. The van der Waals surface area contributed by atoms with Crippen LogP contribution in [-0.2, 0) is 9.59 Å². The van der Waals surface area contributed by atoms with Gasteiger partial charge in [-0.15, -0.1) is 0 Å². The summed E-state index contributed by atoms with van der Waals surface area (Å²) in [6.45, 7) is 2.87. The van der Waals surface area contributed by atoms with Gasteiger partial charge in [-0.1, -0.05) is 0 Å². The SMILES string of the molecule is CC(C)(C(=O)NCCO)C(=O)NCCO. The second kappa shape index (κ2) is 6.36. The van der Waals surface area contributed by atoms with Crippen molar-refractivity contribution in [2.75, 3.05) is 26.3 Å². The van der Waals surface area contributed by atoms with E-state index < -0.39 is 17.2 Å². The lowest BCUT2D eigenvalue weighted by atomic mass is 9.91. The van der Waals surface area contributed by atoms with Crippen molar-refractivity contribution in [1.82, 2.24) is 10.6 Å². The van der Waals surface area contributed by atoms with E-state index in [0.717, 1.165) is 0 Å². The van der Waals surface area contributed by atoms with Gasteiger partial charge in [-0.25, -0.2) is 0 Å². The van der Waals surface area contributed by atoms with E-state index in [9.17, 15) is 9.59 Å². The van der Waals surface area contributed by atoms with E-state index in [1.165, 1.54) is 13.8 Å². The summed E-state index contributed by atoms with van der Waals surface area (Å²) < 4.78 is 0. The monoisotopic (exact) mass is 218 g/mol. The molecular formula is C9H18N2O4. The maximum absolute atomic E-state index is 11.5. The van der Waals surface area contributed by atoms with Crippen molar-refractivity contribution in [2.45, 2.75) is 13.8 Å². The van der Waals surface area contributed by atoms with Gasteiger partial charge in [0.2, 0.25) is 11.8 Å². The second-order valence-electron chi connectivity index (χ2n) is 3.58. The number of rotatable bonds is 6. The molecular weight excluding hydrogens is 200 g/mol. The molecule has 6 nitrogen and oxygen atoms in total. The summed E-state index contributed by atoms with van der Waals surface area (Å²) in [7, 11) is 0. The summed E-state index contributed by atoms with van der Waals surface area (Å²) in [5.74, 6) is -0.904. The number of carbonyl (C=O) groups excluding carboxylic acids is 2. The third-order valence-electron chi connectivity index (χ3n) is 1.93. The summed E-state index contributed by atoms with van der Waals surface area (Å²) in [5, 5.41) is 21.9. The Morgan fingerprint density at radius 3 is 1.60 bits per heavy atom. The standard InChI is InChI=1S/C9H18N2O4/c1-9(2,7(14)10-3-5-12)8(15)11-4-6-13/h12-13H,3-6H2,1-2H3,(H,10,14)(H,11,15). The van der Waals surface area contributed by atoms with Crippen LogP contribution in [0, 0.1) is 5.41 Å². The molecule has 0 fully saturated rings. The van der Waals surface area contributed by atoms with Crippen molar-refractivity contribution in [2.24, 2.45) is 5.41 Å². The topological polar surface area (TPSA) is 98.7 Å². The van der Waals surface area contributed by atoms with E-state index in [2.05, 4.69) is 10.6 Å². The summed E-state index contributed by atoms with van der Waals surface area (Å²) in [5.41, 5.74) is -1.20. The van der Waals surface area contributed by atoms with Gasteiger partial charge in [0.25, 0.3) is 0 Å². The minimum absolute atomic E-state index is 0.121. The van der Waals surface area contributed by atoms with Crippen molar-refractivity contribution in [3.05, 3.63) is 0 Å². The summed E-state index contributed by atoms with van der Waals surface area (Å²) in [6.07, 6.45) is 0.